The number of ether oxygens (including phenoxy) is 2. The molecule has 4 rings (SSSR count). The predicted molar refractivity (Wildman–Crippen MR) is 131 cm³/mol. The number of hydrogen-bond acceptors (Lipinski definition) is 4. The number of nitrogens with zero attached hydrogens (tertiary/aromatic N) is 2. The topological polar surface area (TPSA) is 76.4 Å². The van der Waals surface area contributed by atoms with Gasteiger partial charge in [0.15, 0.2) is 5.11 Å². The Morgan fingerprint density at radius 3 is 2.22 bits per heavy atom. The summed E-state index contributed by atoms with van der Waals surface area (Å²) in [5.41, 5.74) is 8.54. The van der Waals surface area contributed by atoms with Gasteiger partial charge in [-0.25, -0.2) is 4.98 Å². The van der Waals surface area contributed by atoms with Crippen LogP contribution in [0.15, 0.2) is 85.1 Å². The van der Waals surface area contributed by atoms with Crippen molar-refractivity contribution in [1.82, 2.24) is 9.97 Å². The number of thiocarbonyl (C=S) groups is 1. The zero-order chi connectivity index (χ0) is 22.3. The summed E-state index contributed by atoms with van der Waals surface area (Å²) in [6, 6.07) is 25.2. The smallest absolute Gasteiger partial charge is 0.170 e. The van der Waals surface area contributed by atoms with Gasteiger partial charge in [-0.05, 0) is 79.8 Å². The number of nitrogens with one attached hydrogen (secondary N) is 1. The zero-order valence-electron chi connectivity index (χ0n) is 17.7. The van der Waals surface area contributed by atoms with Gasteiger partial charge in [-0.1, -0.05) is 18.2 Å². The minimum atomic E-state index is 0.352. The van der Waals surface area contributed by atoms with Gasteiger partial charge < -0.3 is 25.1 Å². The van der Waals surface area contributed by atoms with E-state index in [9.17, 15) is 0 Å². The van der Waals surface area contributed by atoms with E-state index in [0.29, 0.717) is 18.3 Å². The van der Waals surface area contributed by atoms with Crippen molar-refractivity contribution in [2.75, 3.05) is 11.4 Å². The first-order valence-electron chi connectivity index (χ1n) is 10.3. The number of anilines is 1. The van der Waals surface area contributed by atoms with Crippen molar-refractivity contribution in [3.8, 4) is 28.5 Å². The summed E-state index contributed by atoms with van der Waals surface area (Å²) >= 11 is 5.09. The number of benzene rings is 3. The van der Waals surface area contributed by atoms with Gasteiger partial charge in [-0.2, -0.15) is 0 Å². The van der Waals surface area contributed by atoms with Crippen LogP contribution in [0, 0.1) is 0 Å². The Hall–Kier alpha value is -3.84. The van der Waals surface area contributed by atoms with Crippen molar-refractivity contribution >= 4 is 23.0 Å². The number of aromatic amines is 1. The van der Waals surface area contributed by atoms with Crippen molar-refractivity contribution in [2.45, 2.75) is 13.5 Å². The quantitative estimate of drug-likeness (QED) is 0.349. The van der Waals surface area contributed by atoms with Gasteiger partial charge in [0.05, 0.1) is 5.69 Å². The maximum Gasteiger partial charge on any atom is 0.170 e. The molecule has 0 radical (unpaired) electrons. The van der Waals surface area contributed by atoms with E-state index in [4.69, 9.17) is 27.4 Å². The highest BCUT2D eigenvalue weighted by molar-refractivity contribution is 7.80. The fourth-order valence-electron chi connectivity index (χ4n) is 3.24. The first-order chi connectivity index (χ1) is 15.6. The molecular formula is C25H24N4O2S. The summed E-state index contributed by atoms with van der Waals surface area (Å²) in [7, 11) is 0. The average Bonchev–Trinajstić information content (AvgIpc) is 3.29. The highest BCUT2D eigenvalue weighted by Crippen LogP contribution is 2.27. The number of hydrogen-bond donors (Lipinski definition) is 2. The van der Waals surface area contributed by atoms with Crippen LogP contribution < -0.4 is 20.1 Å². The molecule has 0 spiro atoms. The van der Waals surface area contributed by atoms with Gasteiger partial charge in [0, 0.05) is 24.0 Å². The average molecular weight is 445 g/mol. The molecule has 1 aromatic heterocycles. The second kappa shape index (κ2) is 9.98. The summed E-state index contributed by atoms with van der Waals surface area (Å²) in [5.74, 6) is 3.06. The summed E-state index contributed by atoms with van der Waals surface area (Å²) in [6.07, 6.45) is 1.87. The highest BCUT2D eigenvalue weighted by atomic mass is 32.1. The van der Waals surface area contributed by atoms with Gasteiger partial charge in [0.1, 0.15) is 29.7 Å². The molecule has 0 amide bonds. The first kappa shape index (κ1) is 21.4. The number of rotatable bonds is 8. The van der Waals surface area contributed by atoms with E-state index in [-0.39, 0.29) is 0 Å². The Morgan fingerprint density at radius 2 is 1.59 bits per heavy atom. The largest absolute Gasteiger partial charge is 0.486 e. The van der Waals surface area contributed by atoms with Crippen LogP contribution in [0.1, 0.15) is 12.7 Å². The molecule has 32 heavy (non-hydrogen) atoms. The van der Waals surface area contributed by atoms with Crippen molar-refractivity contribution in [1.29, 1.82) is 0 Å². The normalized spacial score (nSPS) is 10.5. The number of nitrogens with two attached hydrogens (primary N) is 1. The third-order valence-electron chi connectivity index (χ3n) is 4.87. The summed E-state index contributed by atoms with van der Waals surface area (Å²) in [6.45, 7) is 3.10. The van der Waals surface area contributed by atoms with E-state index in [1.807, 2.05) is 96.9 Å². The maximum absolute atomic E-state index is 5.96. The van der Waals surface area contributed by atoms with Crippen LogP contribution in [0.4, 0.5) is 5.69 Å². The second-order valence-corrected chi connectivity index (χ2v) is 7.46. The van der Waals surface area contributed by atoms with Gasteiger partial charge in [0.2, 0.25) is 0 Å². The lowest BCUT2D eigenvalue weighted by atomic mass is 10.1. The van der Waals surface area contributed by atoms with E-state index in [2.05, 4.69) is 9.97 Å². The van der Waals surface area contributed by atoms with Gasteiger partial charge in [-0.3, -0.25) is 0 Å². The van der Waals surface area contributed by atoms with E-state index in [1.165, 1.54) is 0 Å². The van der Waals surface area contributed by atoms with Crippen LogP contribution in [-0.2, 0) is 6.61 Å². The number of imidazole rings is 1. The lowest BCUT2D eigenvalue weighted by Crippen LogP contribution is -2.35. The molecule has 0 aliphatic rings. The molecule has 0 bridgehead atoms. The second-order valence-electron chi connectivity index (χ2n) is 7.04. The Balaban J connectivity index is 1.37. The lowest BCUT2D eigenvalue weighted by Gasteiger charge is -2.21. The highest BCUT2D eigenvalue weighted by Gasteiger charge is 2.08. The van der Waals surface area contributed by atoms with Crippen LogP contribution >= 0.6 is 12.2 Å². The SMILES string of the molecule is CCN(C(N)=S)c1ccc(Oc2ccc(-c3c[nH]c(COc4ccccc4)n3)cc2)cc1. The minimum Gasteiger partial charge on any atom is -0.486 e. The van der Waals surface area contributed by atoms with E-state index in [1.54, 1.807) is 0 Å². The summed E-state index contributed by atoms with van der Waals surface area (Å²) < 4.78 is 11.7. The molecular weight excluding hydrogens is 420 g/mol. The van der Waals surface area contributed by atoms with Crippen LogP contribution in [0.2, 0.25) is 0 Å². The van der Waals surface area contributed by atoms with Crippen LogP contribution in [0.25, 0.3) is 11.3 Å². The maximum atomic E-state index is 5.96. The molecule has 0 aliphatic heterocycles. The molecule has 0 unspecified atom stereocenters. The summed E-state index contributed by atoms with van der Waals surface area (Å²) in [4.78, 5) is 9.64. The molecule has 0 aliphatic carbocycles. The first-order valence-corrected chi connectivity index (χ1v) is 10.7. The van der Waals surface area contributed by atoms with Gasteiger partial charge >= 0.3 is 0 Å². The van der Waals surface area contributed by atoms with Gasteiger partial charge in [0.25, 0.3) is 0 Å². The van der Waals surface area contributed by atoms with E-state index in [0.717, 1.165) is 40.0 Å². The molecule has 3 N–H and O–H groups in total. The molecule has 0 fully saturated rings. The lowest BCUT2D eigenvalue weighted by molar-refractivity contribution is 0.297. The van der Waals surface area contributed by atoms with Crippen molar-refractivity contribution in [2.24, 2.45) is 5.73 Å². The Bertz CT molecular complexity index is 1160. The number of para-hydroxylation sites is 1. The monoisotopic (exact) mass is 444 g/mol. The molecule has 0 saturated heterocycles. The molecule has 1 heterocycles. The molecule has 162 valence electrons. The van der Waals surface area contributed by atoms with Crippen LogP contribution in [-0.4, -0.2) is 21.6 Å². The van der Waals surface area contributed by atoms with Crippen molar-refractivity contribution in [3.05, 3.63) is 90.9 Å². The van der Waals surface area contributed by atoms with Gasteiger partial charge in [-0.15, -0.1) is 0 Å². The summed E-state index contributed by atoms with van der Waals surface area (Å²) in [5, 5.41) is 0.352. The molecule has 4 aromatic rings. The van der Waals surface area contributed by atoms with E-state index >= 15 is 0 Å². The third kappa shape index (κ3) is 5.25. The predicted octanol–water partition coefficient (Wildman–Crippen LogP) is 5.52. The Morgan fingerprint density at radius 1 is 0.938 bits per heavy atom. The molecule has 0 saturated carbocycles. The minimum absolute atomic E-state index is 0.352. The fourth-order valence-corrected chi connectivity index (χ4v) is 3.48. The molecule has 7 heteroatoms. The standard InChI is InChI=1S/C25H24N4O2S/c1-2-29(25(26)32)19-10-14-22(15-11-19)31-21-12-8-18(9-13-21)23-16-27-24(28-23)17-30-20-6-4-3-5-7-20/h3-16H,2,17H2,1H3,(H2,26,32)(H,27,28). The Kier molecular flexibility index (Phi) is 6.67. The van der Waals surface area contributed by atoms with Crippen LogP contribution in [0.5, 0.6) is 17.2 Å². The zero-order valence-corrected chi connectivity index (χ0v) is 18.5. The van der Waals surface area contributed by atoms with Crippen LogP contribution in [0.3, 0.4) is 0 Å². The third-order valence-corrected chi connectivity index (χ3v) is 5.09. The number of H-pyrrole nitrogens is 1. The van der Waals surface area contributed by atoms with Crippen molar-refractivity contribution < 1.29 is 9.47 Å². The molecule has 0 atom stereocenters. The Labute approximate surface area is 192 Å². The fraction of sp³-hybridized carbons (Fsp3) is 0.120. The number of aromatic nitrogens is 2. The van der Waals surface area contributed by atoms with E-state index < -0.39 is 0 Å². The molecule has 3 aromatic carbocycles. The molecule has 6 nitrogen and oxygen atoms in total. The van der Waals surface area contributed by atoms with Crippen molar-refractivity contribution in [3.63, 3.8) is 0 Å².